The zero-order valence-electron chi connectivity index (χ0n) is 5.49. The Morgan fingerprint density at radius 2 is 2.00 bits per heavy atom. The highest BCUT2D eigenvalue weighted by Crippen LogP contribution is 1.95. The van der Waals surface area contributed by atoms with Gasteiger partial charge in [0.25, 0.3) is 0 Å². The molecule has 0 aromatic heterocycles. The Morgan fingerprint density at radius 3 is 2.12 bits per heavy atom. The molecule has 1 N–H and O–H groups in total. The average molecular weight is 117 g/mol. The van der Waals surface area contributed by atoms with Crippen LogP contribution in [0.5, 0.6) is 0 Å². The van der Waals surface area contributed by atoms with Crippen molar-refractivity contribution in [3.63, 3.8) is 0 Å². The van der Waals surface area contributed by atoms with Gasteiger partial charge in [0, 0.05) is 0 Å². The molecular formula is C7H19N. The Bertz CT molecular complexity index is 35.4. The SMILES string of the molecule is C.CCC(C)CNC. The van der Waals surface area contributed by atoms with E-state index in [0.717, 1.165) is 12.5 Å². The number of rotatable bonds is 3. The number of hydrogen-bond donors (Lipinski definition) is 1. The molecule has 0 aliphatic carbocycles. The molecule has 1 atom stereocenters. The monoisotopic (exact) mass is 117 g/mol. The van der Waals surface area contributed by atoms with E-state index in [1.165, 1.54) is 6.42 Å². The molecule has 0 aliphatic rings. The van der Waals surface area contributed by atoms with Gasteiger partial charge >= 0.3 is 0 Å². The van der Waals surface area contributed by atoms with Crippen molar-refractivity contribution in [1.29, 1.82) is 0 Å². The molecule has 0 aromatic carbocycles. The summed E-state index contributed by atoms with van der Waals surface area (Å²) >= 11 is 0. The van der Waals surface area contributed by atoms with Gasteiger partial charge in [-0.2, -0.15) is 0 Å². The first-order chi connectivity index (χ1) is 3.31. The maximum atomic E-state index is 3.12. The summed E-state index contributed by atoms with van der Waals surface area (Å²) in [6, 6.07) is 0. The molecule has 0 saturated heterocycles. The van der Waals surface area contributed by atoms with Crippen molar-refractivity contribution in [3.8, 4) is 0 Å². The fourth-order valence-corrected chi connectivity index (χ4v) is 0.493. The zero-order chi connectivity index (χ0) is 5.70. The third-order valence-corrected chi connectivity index (χ3v) is 1.25. The molecule has 0 spiro atoms. The summed E-state index contributed by atoms with van der Waals surface area (Å²) in [5, 5.41) is 3.12. The quantitative estimate of drug-likeness (QED) is 0.595. The van der Waals surface area contributed by atoms with E-state index in [1.54, 1.807) is 0 Å². The predicted octanol–water partition coefficient (Wildman–Crippen LogP) is 1.89. The molecule has 0 radical (unpaired) electrons. The largest absolute Gasteiger partial charge is 0.319 e. The van der Waals surface area contributed by atoms with Gasteiger partial charge in [-0.3, -0.25) is 0 Å². The van der Waals surface area contributed by atoms with Crippen LogP contribution < -0.4 is 5.32 Å². The Hall–Kier alpha value is -0.0400. The molecule has 0 amide bonds. The van der Waals surface area contributed by atoms with Crippen LogP contribution >= 0.6 is 0 Å². The predicted molar refractivity (Wildman–Crippen MR) is 40.1 cm³/mol. The van der Waals surface area contributed by atoms with Crippen LogP contribution in [0.3, 0.4) is 0 Å². The summed E-state index contributed by atoms with van der Waals surface area (Å²) in [5.41, 5.74) is 0. The Kier molecular flexibility index (Phi) is 9.44. The van der Waals surface area contributed by atoms with Crippen molar-refractivity contribution >= 4 is 0 Å². The van der Waals surface area contributed by atoms with Gasteiger partial charge in [0.2, 0.25) is 0 Å². The van der Waals surface area contributed by atoms with Crippen molar-refractivity contribution in [1.82, 2.24) is 5.32 Å². The first kappa shape index (κ1) is 10.9. The highest BCUT2D eigenvalue weighted by atomic mass is 14.8. The molecule has 8 heavy (non-hydrogen) atoms. The molecule has 1 nitrogen and oxygen atoms in total. The van der Waals surface area contributed by atoms with E-state index >= 15 is 0 Å². The number of hydrogen-bond acceptors (Lipinski definition) is 1. The standard InChI is InChI=1S/C6H15N.CH4/c1-4-6(2)5-7-3;/h6-7H,4-5H2,1-3H3;1H4. The van der Waals surface area contributed by atoms with Crippen molar-refractivity contribution in [2.45, 2.75) is 27.7 Å². The Morgan fingerprint density at radius 1 is 1.50 bits per heavy atom. The van der Waals surface area contributed by atoms with E-state index in [2.05, 4.69) is 19.2 Å². The summed E-state index contributed by atoms with van der Waals surface area (Å²) in [4.78, 5) is 0. The van der Waals surface area contributed by atoms with Crippen molar-refractivity contribution in [2.24, 2.45) is 5.92 Å². The molecule has 1 heteroatoms. The summed E-state index contributed by atoms with van der Waals surface area (Å²) in [6.45, 7) is 5.61. The average Bonchev–Trinajstić information content (AvgIpc) is 1.68. The third kappa shape index (κ3) is 5.96. The van der Waals surface area contributed by atoms with Crippen LogP contribution in [0.1, 0.15) is 27.7 Å². The van der Waals surface area contributed by atoms with Gasteiger partial charge in [-0.1, -0.05) is 27.7 Å². The van der Waals surface area contributed by atoms with Crippen LogP contribution in [-0.4, -0.2) is 13.6 Å². The summed E-state index contributed by atoms with van der Waals surface area (Å²) in [5.74, 6) is 0.838. The maximum Gasteiger partial charge on any atom is -0.00263 e. The lowest BCUT2D eigenvalue weighted by atomic mass is 10.1. The lowest BCUT2D eigenvalue weighted by molar-refractivity contribution is 0.528. The van der Waals surface area contributed by atoms with Gasteiger partial charge in [0.05, 0.1) is 0 Å². The molecule has 0 fully saturated rings. The fourth-order valence-electron chi connectivity index (χ4n) is 0.493. The topological polar surface area (TPSA) is 12.0 Å². The Labute approximate surface area is 53.5 Å². The van der Waals surface area contributed by atoms with Gasteiger partial charge in [-0.15, -0.1) is 0 Å². The normalized spacial score (nSPS) is 12.4. The molecular weight excluding hydrogens is 98.1 g/mol. The Balaban J connectivity index is 0. The van der Waals surface area contributed by atoms with E-state index in [1.807, 2.05) is 7.05 Å². The second kappa shape index (κ2) is 6.96. The van der Waals surface area contributed by atoms with Gasteiger partial charge in [-0.05, 0) is 19.5 Å². The van der Waals surface area contributed by atoms with E-state index in [9.17, 15) is 0 Å². The van der Waals surface area contributed by atoms with Crippen LogP contribution in [0.25, 0.3) is 0 Å². The maximum absolute atomic E-state index is 3.12. The minimum Gasteiger partial charge on any atom is -0.319 e. The van der Waals surface area contributed by atoms with Crippen molar-refractivity contribution in [3.05, 3.63) is 0 Å². The third-order valence-electron chi connectivity index (χ3n) is 1.25. The highest BCUT2D eigenvalue weighted by Gasteiger charge is 1.91. The van der Waals surface area contributed by atoms with Crippen LogP contribution in [-0.2, 0) is 0 Å². The van der Waals surface area contributed by atoms with E-state index < -0.39 is 0 Å². The molecule has 0 bridgehead atoms. The van der Waals surface area contributed by atoms with Crippen LogP contribution in [0.4, 0.5) is 0 Å². The summed E-state index contributed by atoms with van der Waals surface area (Å²) in [7, 11) is 1.99. The minimum absolute atomic E-state index is 0. The second-order valence-electron chi connectivity index (χ2n) is 2.07. The molecule has 1 unspecified atom stereocenters. The summed E-state index contributed by atoms with van der Waals surface area (Å²) < 4.78 is 0. The van der Waals surface area contributed by atoms with E-state index in [4.69, 9.17) is 0 Å². The molecule has 0 rings (SSSR count). The summed E-state index contributed by atoms with van der Waals surface area (Å²) in [6.07, 6.45) is 1.28. The van der Waals surface area contributed by atoms with E-state index in [-0.39, 0.29) is 7.43 Å². The minimum atomic E-state index is 0. The molecule has 0 saturated carbocycles. The highest BCUT2D eigenvalue weighted by molar-refractivity contribution is 4.49. The fraction of sp³-hybridized carbons (Fsp3) is 1.00. The van der Waals surface area contributed by atoms with Crippen molar-refractivity contribution in [2.75, 3.05) is 13.6 Å². The van der Waals surface area contributed by atoms with Gasteiger partial charge in [0.15, 0.2) is 0 Å². The van der Waals surface area contributed by atoms with Crippen LogP contribution in [0, 0.1) is 5.92 Å². The zero-order valence-corrected chi connectivity index (χ0v) is 5.49. The van der Waals surface area contributed by atoms with Gasteiger partial charge in [-0.25, -0.2) is 0 Å². The van der Waals surface area contributed by atoms with Gasteiger partial charge in [0.1, 0.15) is 0 Å². The number of nitrogens with one attached hydrogen (secondary N) is 1. The first-order valence-electron chi connectivity index (χ1n) is 2.95. The van der Waals surface area contributed by atoms with Gasteiger partial charge < -0.3 is 5.32 Å². The molecule has 52 valence electrons. The van der Waals surface area contributed by atoms with Crippen molar-refractivity contribution < 1.29 is 0 Å². The smallest absolute Gasteiger partial charge is 0.00263 e. The molecule has 0 aromatic rings. The lowest BCUT2D eigenvalue weighted by Gasteiger charge is -2.04. The first-order valence-corrected chi connectivity index (χ1v) is 2.95. The molecule has 0 aliphatic heterocycles. The van der Waals surface area contributed by atoms with E-state index in [0.29, 0.717) is 0 Å². The second-order valence-corrected chi connectivity index (χ2v) is 2.07. The lowest BCUT2D eigenvalue weighted by Crippen LogP contribution is -2.14. The molecule has 0 heterocycles. The van der Waals surface area contributed by atoms with Crippen LogP contribution in [0.2, 0.25) is 0 Å². The van der Waals surface area contributed by atoms with Crippen LogP contribution in [0.15, 0.2) is 0 Å².